The summed E-state index contributed by atoms with van der Waals surface area (Å²) in [7, 11) is -3.29. The third-order valence-electron chi connectivity index (χ3n) is 7.27. The molecule has 1 aliphatic rings. The van der Waals surface area contributed by atoms with Crippen LogP contribution in [0.2, 0.25) is 0 Å². The number of nitrogens with one attached hydrogen (secondary N) is 1. The van der Waals surface area contributed by atoms with Crippen LogP contribution >= 0.6 is 0 Å². The summed E-state index contributed by atoms with van der Waals surface area (Å²) in [5.41, 5.74) is 8.17. The number of hydrogen-bond acceptors (Lipinski definition) is 5. The first kappa shape index (κ1) is 24.3. The van der Waals surface area contributed by atoms with Gasteiger partial charge in [0.1, 0.15) is 18.2 Å². The standard InChI is InChI=1S/C30H30N4O3S/c1-5-34-28-10-8-25(38(4,35)36)15-23(28)17-29(34)19(2)33-12-13-37-30-11-7-21(14-24(30)18-33)22-6-9-26-27(16-22)32-20(3)31-26/h6-11,14-17H,2,5,12-13,18H2,1,3-4H3,(H,31,32). The molecule has 8 heteroatoms. The average Bonchev–Trinajstić information content (AvgIpc) is 3.37. The van der Waals surface area contributed by atoms with Gasteiger partial charge in [-0.15, -0.1) is 0 Å². The molecule has 0 saturated heterocycles. The van der Waals surface area contributed by atoms with E-state index in [1.165, 1.54) is 6.26 Å². The van der Waals surface area contributed by atoms with Gasteiger partial charge in [-0.25, -0.2) is 13.4 Å². The first-order valence-corrected chi connectivity index (χ1v) is 14.6. The van der Waals surface area contributed by atoms with Gasteiger partial charge < -0.3 is 19.2 Å². The maximum atomic E-state index is 12.1. The van der Waals surface area contributed by atoms with Crippen molar-refractivity contribution in [2.75, 3.05) is 19.4 Å². The van der Waals surface area contributed by atoms with Crippen molar-refractivity contribution in [3.8, 4) is 16.9 Å². The molecule has 0 amide bonds. The molecule has 0 radical (unpaired) electrons. The van der Waals surface area contributed by atoms with Crippen LogP contribution in [0.3, 0.4) is 0 Å². The first-order valence-electron chi connectivity index (χ1n) is 12.7. The molecule has 3 aromatic carbocycles. The predicted molar refractivity (Wildman–Crippen MR) is 152 cm³/mol. The van der Waals surface area contributed by atoms with Crippen LogP contribution < -0.4 is 4.74 Å². The second-order valence-electron chi connectivity index (χ2n) is 9.86. The Balaban J connectivity index is 1.34. The third-order valence-corrected chi connectivity index (χ3v) is 8.38. The Bertz CT molecular complexity index is 1830. The first-order chi connectivity index (χ1) is 18.2. The van der Waals surface area contributed by atoms with Gasteiger partial charge in [0.15, 0.2) is 9.84 Å². The highest BCUT2D eigenvalue weighted by Gasteiger charge is 2.21. The van der Waals surface area contributed by atoms with Gasteiger partial charge >= 0.3 is 0 Å². The minimum Gasteiger partial charge on any atom is -0.491 e. The van der Waals surface area contributed by atoms with E-state index in [1.54, 1.807) is 12.1 Å². The van der Waals surface area contributed by atoms with Crippen molar-refractivity contribution in [1.29, 1.82) is 0 Å². The summed E-state index contributed by atoms with van der Waals surface area (Å²) in [6.07, 6.45) is 1.24. The smallest absolute Gasteiger partial charge is 0.175 e. The summed E-state index contributed by atoms with van der Waals surface area (Å²) in [6, 6.07) is 20.0. The molecule has 0 atom stereocenters. The Kier molecular flexibility index (Phi) is 5.79. The van der Waals surface area contributed by atoms with E-state index in [4.69, 9.17) is 4.74 Å². The van der Waals surface area contributed by atoms with Gasteiger partial charge in [0.25, 0.3) is 0 Å². The zero-order valence-electron chi connectivity index (χ0n) is 21.8. The molecule has 1 aliphatic heterocycles. The lowest BCUT2D eigenvalue weighted by Gasteiger charge is -2.25. The molecule has 2 aromatic heterocycles. The van der Waals surface area contributed by atoms with Crippen LogP contribution in [-0.2, 0) is 22.9 Å². The molecule has 3 heterocycles. The van der Waals surface area contributed by atoms with Gasteiger partial charge in [0.2, 0.25) is 0 Å². The van der Waals surface area contributed by atoms with Crippen LogP contribution in [0.4, 0.5) is 0 Å². The molecule has 1 N–H and O–H groups in total. The van der Waals surface area contributed by atoms with Crippen molar-refractivity contribution in [2.45, 2.75) is 31.8 Å². The molecule has 0 saturated carbocycles. The van der Waals surface area contributed by atoms with E-state index in [9.17, 15) is 8.42 Å². The number of benzene rings is 3. The second kappa shape index (κ2) is 9.06. The van der Waals surface area contributed by atoms with Gasteiger partial charge in [-0.1, -0.05) is 18.7 Å². The highest BCUT2D eigenvalue weighted by molar-refractivity contribution is 7.90. The fourth-order valence-corrected chi connectivity index (χ4v) is 6.00. The molecular formula is C30H30N4O3S. The normalized spacial score (nSPS) is 13.9. The van der Waals surface area contributed by atoms with E-state index >= 15 is 0 Å². The Morgan fingerprint density at radius 2 is 1.87 bits per heavy atom. The molecule has 0 spiro atoms. The van der Waals surface area contributed by atoms with Crippen LogP contribution in [0.1, 0.15) is 24.0 Å². The van der Waals surface area contributed by atoms with E-state index in [0.29, 0.717) is 24.6 Å². The Morgan fingerprint density at radius 1 is 1.08 bits per heavy atom. The van der Waals surface area contributed by atoms with Crippen molar-refractivity contribution in [3.63, 3.8) is 0 Å². The fraction of sp³-hybridized carbons (Fsp3) is 0.233. The lowest BCUT2D eigenvalue weighted by atomic mass is 10.0. The molecule has 0 aliphatic carbocycles. The van der Waals surface area contributed by atoms with Crippen LogP contribution in [0.5, 0.6) is 5.75 Å². The quantitative estimate of drug-likeness (QED) is 0.314. The molecule has 7 nitrogen and oxygen atoms in total. The van der Waals surface area contributed by atoms with Crippen molar-refractivity contribution in [2.24, 2.45) is 0 Å². The number of aromatic nitrogens is 3. The minimum atomic E-state index is -3.29. The zero-order valence-corrected chi connectivity index (χ0v) is 22.6. The Labute approximate surface area is 222 Å². The highest BCUT2D eigenvalue weighted by Crippen LogP contribution is 2.34. The fourth-order valence-electron chi connectivity index (χ4n) is 5.34. The summed E-state index contributed by atoms with van der Waals surface area (Å²) < 4.78 is 32.6. The molecule has 0 unspecified atom stereocenters. The second-order valence-corrected chi connectivity index (χ2v) is 11.9. The van der Waals surface area contributed by atoms with Gasteiger partial charge in [-0.2, -0.15) is 0 Å². The summed E-state index contributed by atoms with van der Waals surface area (Å²) in [4.78, 5) is 10.4. The minimum absolute atomic E-state index is 0.323. The van der Waals surface area contributed by atoms with Gasteiger partial charge in [0.05, 0.1) is 33.9 Å². The molecular weight excluding hydrogens is 496 g/mol. The number of H-pyrrole nitrogens is 1. The molecule has 0 bridgehead atoms. The summed E-state index contributed by atoms with van der Waals surface area (Å²) in [5.74, 6) is 1.79. The molecule has 194 valence electrons. The highest BCUT2D eigenvalue weighted by atomic mass is 32.2. The number of aryl methyl sites for hydroxylation is 2. The number of rotatable bonds is 5. The average molecular weight is 527 g/mol. The predicted octanol–water partition coefficient (Wildman–Crippen LogP) is 5.78. The van der Waals surface area contributed by atoms with Crippen molar-refractivity contribution in [1.82, 2.24) is 19.4 Å². The molecule has 0 fully saturated rings. The van der Waals surface area contributed by atoms with Crippen LogP contribution in [0, 0.1) is 6.92 Å². The van der Waals surface area contributed by atoms with Crippen LogP contribution in [0.15, 0.2) is 72.1 Å². The van der Waals surface area contributed by atoms with E-state index in [2.05, 4.69) is 63.3 Å². The van der Waals surface area contributed by atoms with Crippen molar-refractivity contribution in [3.05, 3.63) is 84.3 Å². The molecule has 6 rings (SSSR count). The number of nitrogens with zero attached hydrogens (tertiary/aromatic N) is 3. The Hall–Kier alpha value is -4.04. The summed E-state index contributed by atoms with van der Waals surface area (Å²) in [6.45, 7) is 11.2. The number of ether oxygens (including phenoxy) is 1. The van der Waals surface area contributed by atoms with E-state index in [-0.39, 0.29) is 0 Å². The third kappa shape index (κ3) is 4.24. The maximum Gasteiger partial charge on any atom is 0.175 e. The molecule has 38 heavy (non-hydrogen) atoms. The van der Waals surface area contributed by atoms with Crippen LogP contribution in [0.25, 0.3) is 38.8 Å². The summed E-state index contributed by atoms with van der Waals surface area (Å²) in [5, 5.41) is 0.893. The van der Waals surface area contributed by atoms with E-state index in [0.717, 1.165) is 68.1 Å². The molecule has 5 aromatic rings. The number of hydrogen-bond donors (Lipinski definition) is 1. The van der Waals surface area contributed by atoms with Crippen LogP contribution in [-0.4, -0.2) is 47.3 Å². The zero-order chi connectivity index (χ0) is 26.6. The summed E-state index contributed by atoms with van der Waals surface area (Å²) >= 11 is 0. The Morgan fingerprint density at radius 3 is 2.66 bits per heavy atom. The van der Waals surface area contributed by atoms with Crippen molar-refractivity contribution < 1.29 is 13.2 Å². The number of sulfone groups is 1. The van der Waals surface area contributed by atoms with E-state index in [1.807, 2.05) is 25.1 Å². The SMILES string of the molecule is C=C(c1cc2cc(S(C)(=O)=O)ccc2n1CC)N1CCOc2ccc(-c3ccc4nc(C)[nH]c4c3)cc2C1. The lowest BCUT2D eigenvalue weighted by molar-refractivity contribution is 0.283. The van der Waals surface area contributed by atoms with E-state index < -0.39 is 9.84 Å². The van der Waals surface area contributed by atoms with Gasteiger partial charge in [0, 0.05) is 35.8 Å². The topological polar surface area (TPSA) is 80.2 Å². The largest absolute Gasteiger partial charge is 0.491 e. The number of aromatic amines is 1. The van der Waals surface area contributed by atoms with Crippen molar-refractivity contribution >= 4 is 37.5 Å². The number of imidazole rings is 1. The van der Waals surface area contributed by atoms with Gasteiger partial charge in [-0.05, 0) is 73.5 Å². The number of fused-ring (bicyclic) bond motifs is 3. The monoisotopic (exact) mass is 526 g/mol. The van der Waals surface area contributed by atoms with Gasteiger partial charge in [-0.3, -0.25) is 0 Å². The lowest BCUT2D eigenvalue weighted by Crippen LogP contribution is -2.25. The maximum absolute atomic E-state index is 12.1.